The monoisotopic (exact) mass is 742 g/mol. The lowest BCUT2D eigenvalue weighted by Gasteiger charge is -2.20. The Morgan fingerprint density at radius 1 is 0.588 bits per heavy atom. The van der Waals surface area contributed by atoms with Crippen molar-refractivity contribution < 1.29 is 47.8 Å². The highest BCUT2D eigenvalue weighted by atomic mass is 31.2. The molecule has 0 aliphatic heterocycles. The van der Waals surface area contributed by atoms with Gasteiger partial charge in [-0.2, -0.15) is 0 Å². The molecular weight excluding hydrogens is 671 g/mol. The van der Waals surface area contributed by atoms with Gasteiger partial charge in [0.05, 0.1) is 19.8 Å². The molecule has 0 saturated heterocycles. The van der Waals surface area contributed by atoms with Gasteiger partial charge in [-0.25, -0.2) is 4.57 Å². The molecule has 0 aromatic heterocycles. The van der Waals surface area contributed by atoms with Gasteiger partial charge in [0.2, 0.25) is 0 Å². The second kappa shape index (κ2) is 36.3. The third-order valence-electron chi connectivity index (χ3n) is 7.96. The number of hydrogen-bond donors (Lipinski definition) is 3. The number of phosphoric ester groups is 1. The van der Waals surface area contributed by atoms with E-state index in [0.29, 0.717) is 12.8 Å². The van der Waals surface area contributed by atoms with Crippen molar-refractivity contribution in [2.24, 2.45) is 0 Å². The summed E-state index contributed by atoms with van der Waals surface area (Å²) >= 11 is 0. The molecule has 3 unspecified atom stereocenters. The molecule has 0 aliphatic carbocycles. The van der Waals surface area contributed by atoms with E-state index in [-0.39, 0.29) is 19.4 Å². The highest BCUT2D eigenvalue weighted by molar-refractivity contribution is 7.47. The quantitative estimate of drug-likeness (QED) is 0.0245. The van der Waals surface area contributed by atoms with Gasteiger partial charge in [0.15, 0.2) is 6.10 Å². The molecule has 0 aliphatic rings. The highest BCUT2D eigenvalue weighted by Crippen LogP contribution is 2.43. The molecule has 0 saturated carbocycles. The Hall–Kier alpha value is -2.07. The fraction of sp³-hybridized carbons (Fsp3) is 0.750. The number of carbonyl (C=O) groups excluding carboxylic acids is 2. The van der Waals surface area contributed by atoms with Crippen LogP contribution in [-0.2, 0) is 32.7 Å². The standard InChI is InChI=1S/C40H71O10P/c1-3-5-7-9-11-13-15-17-19-21-23-25-27-29-31-39(43)47-35-38(36-49-51(45,46)48-34-37(42)33-41)50-40(44)32-30-28-26-24-22-20-18-16-14-12-10-8-6-4-2/h9-12,15-18,37-38,41-42H,3-8,13-14,19-36H2,1-2H3,(H,45,46)/b11-9-,12-10-,17-15-,18-16-. The lowest BCUT2D eigenvalue weighted by Crippen LogP contribution is -2.29. The van der Waals surface area contributed by atoms with Crippen LogP contribution in [0.4, 0.5) is 0 Å². The van der Waals surface area contributed by atoms with Crippen LogP contribution >= 0.6 is 7.82 Å². The van der Waals surface area contributed by atoms with Crippen molar-refractivity contribution in [3.63, 3.8) is 0 Å². The zero-order valence-electron chi connectivity index (χ0n) is 31.8. The van der Waals surface area contributed by atoms with Crippen molar-refractivity contribution >= 4 is 19.8 Å². The lowest BCUT2D eigenvalue weighted by molar-refractivity contribution is -0.161. The summed E-state index contributed by atoms with van der Waals surface area (Å²) in [5, 5.41) is 18.3. The largest absolute Gasteiger partial charge is 0.472 e. The second-order valence-corrected chi connectivity index (χ2v) is 14.4. The molecule has 10 nitrogen and oxygen atoms in total. The van der Waals surface area contributed by atoms with E-state index < -0.39 is 51.8 Å². The first-order valence-corrected chi connectivity index (χ1v) is 21.1. The Bertz CT molecular complexity index is 994. The molecule has 0 aromatic rings. The normalized spacial score (nSPS) is 14.5. The Labute approximate surface area is 309 Å². The van der Waals surface area contributed by atoms with Gasteiger partial charge in [0, 0.05) is 12.8 Å². The minimum Gasteiger partial charge on any atom is -0.462 e. The minimum atomic E-state index is -4.62. The number of unbranched alkanes of at least 4 members (excludes halogenated alkanes) is 14. The molecule has 0 aromatic carbocycles. The maximum absolute atomic E-state index is 12.6. The van der Waals surface area contributed by atoms with Crippen LogP contribution in [0.1, 0.15) is 155 Å². The van der Waals surface area contributed by atoms with E-state index in [0.717, 1.165) is 89.9 Å². The van der Waals surface area contributed by atoms with Crippen LogP contribution < -0.4 is 0 Å². The fourth-order valence-electron chi connectivity index (χ4n) is 4.85. The number of phosphoric acid groups is 1. The van der Waals surface area contributed by atoms with Crippen LogP contribution in [0.3, 0.4) is 0 Å². The van der Waals surface area contributed by atoms with Crippen molar-refractivity contribution in [1.82, 2.24) is 0 Å². The van der Waals surface area contributed by atoms with E-state index in [1.807, 2.05) is 0 Å². The number of ether oxygens (including phenoxy) is 2. The average molecular weight is 743 g/mol. The number of aliphatic hydroxyl groups excluding tert-OH is 2. The van der Waals surface area contributed by atoms with E-state index in [9.17, 15) is 24.2 Å². The summed E-state index contributed by atoms with van der Waals surface area (Å²) in [6, 6.07) is 0. The van der Waals surface area contributed by atoms with Gasteiger partial charge in [-0.15, -0.1) is 0 Å². The number of carbonyl (C=O) groups is 2. The predicted molar refractivity (Wildman–Crippen MR) is 205 cm³/mol. The van der Waals surface area contributed by atoms with E-state index in [2.05, 4.69) is 67.0 Å². The molecule has 296 valence electrons. The third-order valence-corrected chi connectivity index (χ3v) is 8.91. The van der Waals surface area contributed by atoms with E-state index in [1.54, 1.807) is 0 Å². The van der Waals surface area contributed by atoms with Crippen molar-refractivity contribution in [3.05, 3.63) is 48.6 Å². The molecular formula is C40H71O10P. The molecule has 0 fully saturated rings. The first-order valence-electron chi connectivity index (χ1n) is 19.6. The van der Waals surface area contributed by atoms with Gasteiger partial charge in [0.25, 0.3) is 0 Å². The number of allylic oxidation sites excluding steroid dienone is 8. The maximum Gasteiger partial charge on any atom is 0.472 e. The first-order chi connectivity index (χ1) is 24.7. The topological polar surface area (TPSA) is 149 Å². The average Bonchev–Trinajstić information content (AvgIpc) is 3.12. The van der Waals surface area contributed by atoms with Crippen LogP contribution in [0.15, 0.2) is 48.6 Å². The fourth-order valence-corrected chi connectivity index (χ4v) is 5.64. The summed E-state index contributed by atoms with van der Waals surface area (Å²) in [6.45, 7) is 2.24. The Morgan fingerprint density at radius 2 is 1.02 bits per heavy atom. The molecule has 0 radical (unpaired) electrons. The van der Waals surface area contributed by atoms with Crippen molar-refractivity contribution in [2.75, 3.05) is 26.4 Å². The summed E-state index contributed by atoms with van der Waals surface area (Å²) in [6.07, 6.45) is 36.5. The van der Waals surface area contributed by atoms with Gasteiger partial charge >= 0.3 is 19.8 Å². The summed E-state index contributed by atoms with van der Waals surface area (Å²) in [5.74, 6) is -0.962. The summed E-state index contributed by atoms with van der Waals surface area (Å²) in [4.78, 5) is 34.8. The Balaban J connectivity index is 4.41. The summed E-state index contributed by atoms with van der Waals surface area (Å²) < 4.78 is 32.6. The molecule has 0 spiro atoms. The number of rotatable bonds is 36. The first kappa shape index (κ1) is 48.9. The van der Waals surface area contributed by atoms with Gasteiger partial charge in [0.1, 0.15) is 12.7 Å². The molecule has 0 rings (SSSR count). The highest BCUT2D eigenvalue weighted by Gasteiger charge is 2.27. The van der Waals surface area contributed by atoms with Crippen LogP contribution in [0.5, 0.6) is 0 Å². The van der Waals surface area contributed by atoms with Crippen LogP contribution in [-0.4, -0.2) is 65.7 Å². The van der Waals surface area contributed by atoms with Gasteiger partial charge < -0.3 is 24.6 Å². The molecule has 3 N–H and O–H groups in total. The smallest absolute Gasteiger partial charge is 0.462 e. The molecule has 0 bridgehead atoms. The zero-order valence-corrected chi connectivity index (χ0v) is 32.7. The van der Waals surface area contributed by atoms with E-state index in [1.165, 1.54) is 25.7 Å². The van der Waals surface area contributed by atoms with Crippen LogP contribution in [0.2, 0.25) is 0 Å². The third kappa shape index (κ3) is 36.1. The van der Waals surface area contributed by atoms with Gasteiger partial charge in [-0.3, -0.25) is 18.6 Å². The minimum absolute atomic E-state index is 0.163. The zero-order chi connectivity index (χ0) is 37.7. The summed E-state index contributed by atoms with van der Waals surface area (Å²) in [5.41, 5.74) is 0. The van der Waals surface area contributed by atoms with Crippen molar-refractivity contribution in [3.8, 4) is 0 Å². The number of hydrogen-bond acceptors (Lipinski definition) is 9. The molecule has 0 amide bonds. The van der Waals surface area contributed by atoms with Crippen LogP contribution in [0.25, 0.3) is 0 Å². The number of esters is 2. The van der Waals surface area contributed by atoms with Crippen LogP contribution in [0, 0.1) is 0 Å². The Morgan fingerprint density at radius 3 is 1.51 bits per heavy atom. The molecule has 51 heavy (non-hydrogen) atoms. The van der Waals surface area contributed by atoms with Crippen molar-refractivity contribution in [2.45, 2.75) is 167 Å². The van der Waals surface area contributed by atoms with E-state index >= 15 is 0 Å². The maximum atomic E-state index is 12.6. The Kier molecular flexibility index (Phi) is 34.8. The number of aliphatic hydroxyl groups is 2. The molecule has 0 heterocycles. The lowest BCUT2D eigenvalue weighted by atomic mass is 10.1. The molecule has 11 heteroatoms. The van der Waals surface area contributed by atoms with Crippen molar-refractivity contribution in [1.29, 1.82) is 0 Å². The molecule has 3 atom stereocenters. The SMILES string of the molecule is CCCC/C=C\C/C=C\CCCCCCCC(=O)OCC(COP(=O)(O)OCC(O)CO)OC(=O)CCCCCCC/C=C\C/C=C\CCCC. The van der Waals surface area contributed by atoms with Gasteiger partial charge in [-0.05, 0) is 64.2 Å². The van der Waals surface area contributed by atoms with E-state index in [4.69, 9.17) is 19.1 Å². The summed E-state index contributed by atoms with van der Waals surface area (Å²) in [7, 11) is -4.62. The van der Waals surface area contributed by atoms with Gasteiger partial charge in [-0.1, -0.05) is 127 Å². The second-order valence-electron chi connectivity index (χ2n) is 12.9. The predicted octanol–water partition coefficient (Wildman–Crippen LogP) is 9.78.